The first-order valence-corrected chi connectivity index (χ1v) is 4.19. The molecule has 0 amide bonds. The molecule has 0 saturated carbocycles. The van der Waals surface area contributed by atoms with Gasteiger partial charge in [-0.25, -0.2) is 0 Å². The maximum atomic E-state index is 11.1. The minimum atomic E-state index is -0.909. The first kappa shape index (κ1) is 9.98. The van der Waals surface area contributed by atoms with E-state index in [0.717, 1.165) is 0 Å². The van der Waals surface area contributed by atoms with Gasteiger partial charge in [-0.3, -0.25) is 9.59 Å². The van der Waals surface area contributed by atoms with Crippen LogP contribution in [-0.2, 0) is 14.3 Å². The van der Waals surface area contributed by atoms with Crippen LogP contribution in [-0.4, -0.2) is 36.7 Å². The normalized spacial score (nSPS) is 28.1. The highest BCUT2D eigenvalue weighted by Gasteiger charge is 2.30. The fourth-order valence-corrected chi connectivity index (χ4v) is 1.49. The van der Waals surface area contributed by atoms with Gasteiger partial charge in [0.15, 0.2) is 0 Å². The van der Waals surface area contributed by atoms with Crippen LogP contribution in [0.3, 0.4) is 0 Å². The molecule has 1 saturated heterocycles. The first-order valence-electron chi connectivity index (χ1n) is 4.19. The number of ether oxygens (including phenoxy) is 1. The summed E-state index contributed by atoms with van der Waals surface area (Å²) in [6.45, 7) is 0.552. The third-order valence-corrected chi connectivity index (χ3v) is 2.24. The van der Waals surface area contributed by atoms with E-state index in [1.807, 2.05) is 0 Å². The van der Waals surface area contributed by atoms with Crippen LogP contribution < -0.4 is 5.32 Å². The van der Waals surface area contributed by atoms with Gasteiger partial charge in [-0.05, 0) is 19.4 Å². The lowest BCUT2D eigenvalue weighted by Crippen LogP contribution is -2.45. The molecule has 2 N–H and O–H groups in total. The molecular formula is C8H13NO4. The molecule has 1 rings (SSSR count). The van der Waals surface area contributed by atoms with Crippen LogP contribution in [0, 0.1) is 5.92 Å². The van der Waals surface area contributed by atoms with E-state index >= 15 is 0 Å². The van der Waals surface area contributed by atoms with Gasteiger partial charge in [-0.15, -0.1) is 0 Å². The Balaban J connectivity index is 2.51. The van der Waals surface area contributed by atoms with E-state index in [1.54, 1.807) is 0 Å². The van der Waals surface area contributed by atoms with Crippen molar-refractivity contribution in [2.24, 2.45) is 5.92 Å². The smallest absolute Gasteiger partial charge is 0.320 e. The molecular weight excluding hydrogens is 174 g/mol. The van der Waals surface area contributed by atoms with Crippen LogP contribution in [0.2, 0.25) is 0 Å². The van der Waals surface area contributed by atoms with Crippen LogP contribution in [0.5, 0.6) is 0 Å². The summed E-state index contributed by atoms with van der Waals surface area (Å²) in [6.07, 6.45) is 0.971. The highest BCUT2D eigenvalue weighted by atomic mass is 16.5. The fraction of sp³-hybridized carbons (Fsp3) is 0.750. The monoisotopic (exact) mass is 187 g/mol. The molecule has 0 aliphatic carbocycles. The molecule has 0 spiro atoms. The number of carbonyl (C=O) groups is 2. The molecule has 74 valence electrons. The lowest BCUT2D eigenvalue weighted by molar-refractivity contribution is -0.148. The van der Waals surface area contributed by atoms with Crippen molar-refractivity contribution in [1.82, 2.24) is 5.32 Å². The lowest BCUT2D eigenvalue weighted by atomic mass is 9.93. The Kier molecular flexibility index (Phi) is 3.25. The molecule has 0 aromatic carbocycles. The number of aliphatic carboxylic acids is 1. The number of carbonyl (C=O) groups excluding carboxylic acids is 1. The SMILES string of the molecule is COC(=O)[C@H]1CCN[C@H](C(=O)O)C1. The quantitative estimate of drug-likeness (QED) is 0.576. The largest absolute Gasteiger partial charge is 0.480 e. The number of hydrogen-bond acceptors (Lipinski definition) is 4. The predicted molar refractivity (Wildman–Crippen MR) is 44.2 cm³/mol. The van der Waals surface area contributed by atoms with E-state index in [2.05, 4.69) is 10.1 Å². The van der Waals surface area contributed by atoms with Crippen LogP contribution in [0.25, 0.3) is 0 Å². The van der Waals surface area contributed by atoms with E-state index in [0.29, 0.717) is 19.4 Å². The molecule has 5 nitrogen and oxygen atoms in total. The number of piperidine rings is 1. The number of nitrogens with one attached hydrogen (secondary N) is 1. The number of esters is 1. The molecule has 0 unspecified atom stereocenters. The van der Waals surface area contributed by atoms with Gasteiger partial charge < -0.3 is 15.2 Å². The average molecular weight is 187 g/mol. The third-order valence-electron chi connectivity index (χ3n) is 2.24. The Morgan fingerprint density at radius 3 is 2.77 bits per heavy atom. The highest BCUT2D eigenvalue weighted by molar-refractivity contribution is 5.77. The second-order valence-corrected chi connectivity index (χ2v) is 3.09. The molecule has 0 aromatic heterocycles. The van der Waals surface area contributed by atoms with Crippen molar-refractivity contribution in [3.05, 3.63) is 0 Å². The minimum absolute atomic E-state index is 0.271. The van der Waals surface area contributed by atoms with E-state index < -0.39 is 12.0 Å². The van der Waals surface area contributed by atoms with E-state index in [4.69, 9.17) is 5.11 Å². The minimum Gasteiger partial charge on any atom is -0.480 e. The topological polar surface area (TPSA) is 75.6 Å². The van der Waals surface area contributed by atoms with Gasteiger partial charge in [-0.2, -0.15) is 0 Å². The Bertz CT molecular complexity index is 216. The van der Waals surface area contributed by atoms with Crippen molar-refractivity contribution in [3.63, 3.8) is 0 Å². The summed E-state index contributed by atoms with van der Waals surface area (Å²) >= 11 is 0. The van der Waals surface area contributed by atoms with Gasteiger partial charge in [0.25, 0.3) is 0 Å². The van der Waals surface area contributed by atoms with E-state index in [-0.39, 0.29) is 11.9 Å². The Hall–Kier alpha value is -1.10. The summed E-state index contributed by atoms with van der Waals surface area (Å²) < 4.78 is 4.56. The van der Waals surface area contributed by atoms with Gasteiger partial charge in [0, 0.05) is 0 Å². The second kappa shape index (κ2) is 4.23. The van der Waals surface area contributed by atoms with E-state index in [9.17, 15) is 9.59 Å². The average Bonchev–Trinajstić information content (AvgIpc) is 2.17. The summed E-state index contributed by atoms with van der Waals surface area (Å²) in [5, 5.41) is 11.5. The standard InChI is InChI=1S/C8H13NO4/c1-13-8(12)5-2-3-9-6(4-5)7(10)11/h5-6,9H,2-4H2,1H3,(H,10,11)/t5-,6-/m0/s1. The molecule has 1 heterocycles. The Morgan fingerprint density at radius 1 is 1.54 bits per heavy atom. The molecule has 2 atom stereocenters. The van der Waals surface area contributed by atoms with Crippen LogP contribution in [0.4, 0.5) is 0 Å². The molecule has 1 aliphatic heterocycles. The zero-order chi connectivity index (χ0) is 9.84. The summed E-state index contributed by atoms with van der Waals surface area (Å²) in [5.74, 6) is -1.49. The molecule has 0 radical (unpaired) electrons. The molecule has 1 fully saturated rings. The van der Waals surface area contributed by atoms with Crippen LogP contribution in [0.15, 0.2) is 0 Å². The number of methoxy groups -OCH3 is 1. The fourth-order valence-electron chi connectivity index (χ4n) is 1.49. The van der Waals surface area contributed by atoms with E-state index in [1.165, 1.54) is 7.11 Å². The first-order chi connectivity index (χ1) is 6.15. The number of hydrogen-bond donors (Lipinski definition) is 2. The zero-order valence-electron chi connectivity index (χ0n) is 7.45. The summed E-state index contributed by atoms with van der Waals surface area (Å²) in [6, 6.07) is -0.613. The van der Waals surface area contributed by atoms with Crippen molar-refractivity contribution < 1.29 is 19.4 Å². The van der Waals surface area contributed by atoms with Crippen molar-refractivity contribution in [1.29, 1.82) is 0 Å². The molecule has 1 aliphatic rings. The summed E-state index contributed by atoms with van der Waals surface area (Å²) in [5.41, 5.74) is 0. The maximum Gasteiger partial charge on any atom is 0.320 e. The molecule has 0 bridgehead atoms. The van der Waals surface area contributed by atoms with Crippen molar-refractivity contribution in [2.45, 2.75) is 18.9 Å². The third kappa shape index (κ3) is 2.42. The Morgan fingerprint density at radius 2 is 2.23 bits per heavy atom. The van der Waals surface area contributed by atoms with Gasteiger partial charge >= 0.3 is 11.9 Å². The summed E-state index contributed by atoms with van der Waals surface area (Å²) in [4.78, 5) is 21.7. The summed E-state index contributed by atoms with van der Waals surface area (Å²) in [7, 11) is 1.32. The van der Waals surface area contributed by atoms with Gasteiger partial charge in [0.2, 0.25) is 0 Å². The number of carboxylic acids is 1. The van der Waals surface area contributed by atoms with Crippen molar-refractivity contribution in [2.75, 3.05) is 13.7 Å². The molecule has 13 heavy (non-hydrogen) atoms. The Labute approximate surface area is 76.1 Å². The van der Waals surface area contributed by atoms with Crippen molar-refractivity contribution in [3.8, 4) is 0 Å². The lowest BCUT2D eigenvalue weighted by Gasteiger charge is -2.25. The van der Waals surface area contributed by atoms with Crippen LogP contribution in [0.1, 0.15) is 12.8 Å². The van der Waals surface area contributed by atoms with Crippen molar-refractivity contribution >= 4 is 11.9 Å². The number of carboxylic acid groups (broad SMARTS) is 1. The molecule has 0 aromatic rings. The zero-order valence-corrected chi connectivity index (χ0v) is 7.45. The van der Waals surface area contributed by atoms with Crippen LogP contribution >= 0.6 is 0 Å². The van der Waals surface area contributed by atoms with Gasteiger partial charge in [-0.1, -0.05) is 0 Å². The predicted octanol–water partition coefficient (Wildman–Crippen LogP) is -0.388. The second-order valence-electron chi connectivity index (χ2n) is 3.09. The maximum absolute atomic E-state index is 11.1. The van der Waals surface area contributed by atoms with Gasteiger partial charge in [0.05, 0.1) is 13.0 Å². The molecule has 5 heteroatoms. The highest BCUT2D eigenvalue weighted by Crippen LogP contribution is 2.17. The van der Waals surface area contributed by atoms with Gasteiger partial charge in [0.1, 0.15) is 6.04 Å². The number of rotatable bonds is 2.